The second kappa shape index (κ2) is 9.98. The van der Waals surface area contributed by atoms with E-state index in [2.05, 4.69) is 15.8 Å². The number of carbonyl (C=O) groups excluding carboxylic acids is 3. The Morgan fingerprint density at radius 1 is 0.871 bits per heavy atom. The molecule has 0 aliphatic heterocycles. The van der Waals surface area contributed by atoms with Crippen molar-refractivity contribution in [2.45, 2.75) is 13.8 Å². The predicted molar refractivity (Wildman–Crippen MR) is 118 cm³/mol. The monoisotopic (exact) mass is 415 g/mol. The highest BCUT2D eigenvalue weighted by atomic mass is 16.5. The lowest BCUT2D eigenvalue weighted by molar-refractivity contribution is -0.136. The molecule has 3 rings (SSSR count). The lowest BCUT2D eigenvalue weighted by Gasteiger charge is -2.08. The number of nitrogens with zero attached hydrogens (tertiary/aromatic N) is 1. The van der Waals surface area contributed by atoms with E-state index in [1.807, 2.05) is 32.0 Å². The van der Waals surface area contributed by atoms with Gasteiger partial charge in [0.25, 0.3) is 0 Å². The molecule has 0 unspecified atom stereocenters. The van der Waals surface area contributed by atoms with Gasteiger partial charge in [-0.15, -0.1) is 0 Å². The molecule has 2 amide bonds. The van der Waals surface area contributed by atoms with Crippen molar-refractivity contribution in [2.75, 3.05) is 5.32 Å². The van der Waals surface area contributed by atoms with Crippen LogP contribution in [0.3, 0.4) is 0 Å². The molecule has 0 heterocycles. The molecule has 0 bridgehead atoms. The normalized spacial score (nSPS) is 10.5. The maximum absolute atomic E-state index is 12.1. The Kier molecular flexibility index (Phi) is 6.90. The number of benzene rings is 3. The van der Waals surface area contributed by atoms with E-state index < -0.39 is 17.8 Å². The van der Waals surface area contributed by atoms with Crippen molar-refractivity contribution in [1.29, 1.82) is 0 Å². The first-order valence-electron chi connectivity index (χ1n) is 9.51. The van der Waals surface area contributed by atoms with Gasteiger partial charge in [0.05, 0.1) is 11.8 Å². The molecule has 0 radical (unpaired) electrons. The van der Waals surface area contributed by atoms with E-state index >= 15 is 0 Å². The summed E-state index contributed by atoms with van der Waals surface area (Å²) in [6.45, 7) is 3.79. The standard InChI is InChI=1S/C24H21N3O4/c1-16-11-12-21(17(2)13-16)26-22(28)23(29)27-25-15-18-7-6-10-20(14-18)31-24(30)19-8-4-3-5-9-19/h3-15H,1-2H3,(H,26,28)(H,27,29)/b25-15+. The first-order chi connectivity index (χ1) is 14.9. The maximum atomic E-state index is 12.1. The third kappa shape index (κ3) is 6.11. The van der Waals surface area contributed by atoms with Crippen LogP contribution in [0.5, 0.6) is 5.75 Å². The number of amides is 2. The number of esters is 1. The van der Waals surface area contributed by atoms with Gasteiger partial charge in [-0.1, -0.05) is 48.0 Å². The Bertz CT molecular complexity index is 1140. The smallest absolute Gasteiger partial charge is 0.343 e. The van der Waals surface area contributed by atoms with Crippen LogP contribution in [-0.2, 0) is 9.59 Å². The summed E-state index contributed by atoms with van der Waals surface area (Å²) in [6.07, 6.45) is 1.35. The second-order valence-electron chi connectivity index (χ2n) is 6.80. The highest BCUT2D eigenvalue weighted by Crippen LogP contribution is 2.16. The number of ether oxygens (including phenoxy) is 1. The van der Waals surface area contributed by atoms with Gasteiger partial charge in [-0.25, -0.2) is 10.2 Å². The summed E-state index contributed by atoms with van der Waals surface area (Å²) in [7, 11) is 0. The number of rotatable bonds is 5. The number of hydrogen-bond donors (Lipinski definition) is 2. The summed E-state index contributed by atoms with van der Waals surface area (Å²) in [5, 5.41) is 6.34. The molecule has 31 heavy (non-hydrogen) atoms. The number of nitrogens with one attached hydrogen (secondary N) is 2. The fourth-order valence-corrected chi connectivity index (χ4v) is 2.75. The Morgan fingerprint density at radius 2 is 1.65 bits per heavy atom. The number of hydrazone groups is 1. The van der Waals surface area contributed by atoms with Crippen molar-refractivity contribution in [3.8, 4) is 5.75 Å². The van der Waals surface area contributed by atoms with Crippen LogP contribution < -0.4 is 15.5 Å². The molecule has 0 spiro atoms. The minimum absolute atomic E-state index is 0.330. The molecule has 3 aromatic rings. The van der Waals surface area contributed by atoms with Crippen LogP contribution >= 0.6 is 0 Å². The molecular formula is C24H21N3O4. The van der Waals surface area contributed by atoms with Gasteiger partial charge in [-0.05, 0) is 55.3 Å². The van der Waals surface area contributed by atoms with Gasteiger partial charge in [-0.2, -0.15) is 5.10 Å². The van der Waals surface area contributed by atoms with Gasteiger partial charge in [-0.3, -0.25) is 9.59 Å². The molecule has 0 aliphatic rings. The third-order valence-corrected chi connectivity index (χ3v) is 4.29. The summed E-state index contributed by atoms with van der Waals surface area (Å²) >= 11 is 0. The lowest BCUT2D eigenvalue weighted by atomic mass is 10.1. The Balaban J connectivity index is 1.56. The van der Waals surface area contributed by atoms with Crippen molar-refractivity contribution in [3.63, 3.8) is 0 Å². The summed E-state index contributed by atoms with van der Waals surface area (Å²) in [6, 6.07) is 20.7. The fourth-order valence-electron chi connectivity index (χ4n) is 2.75. The molecule has 0 aromatic heterocycles. The van der Waals surface area contributed by atoms with Crippen molar-refractivity contribution >= 4 is 29.7 Å². The fraction of sp³-hybridized carbons (Fsp3) is 0.0833. The zero-order valence-corrected chi connectivity index (χ0v) is 17.1. The van der Waals surface area contributed by atoms with Crippen molar-refractivity contribution < 1.29 is 19.1 Å². The summed E-state index contributed by atoms with van der Waals surface area (Å²) in [5.74, 6) is -1.87. The average molecular weight is 415 g/mol. The molecule has 0 fully saturated rings. The van der Waals surface area contributed by atoms with Crippen molar-refractivity contribution in [3.05, 3.63) is 95.1 Å². The van der Waals surface area contributed by atoms with E-state index in [0.717, 1.165) is 11.1 Å². The number of hydrogen-bond acceptors (Lipinski definition) is 5. The minimum Gasteiger partial charge on any atom is -0.423 e. The van der Waals surface area contributed by atoms with Gasteiger partial charge < -0.3 is 10.1 Å². The summed E-state index contributed by atoms with van der Waals surface area (Å²) < 4.78 is 5.34. The Morgan fingerprint density at radius 3 is 2.39 bits per heavy atom. The highest BCUT2D eigenvalue weighted by Gasteiger charge is 2.14. The quantitative estimate of drug-likeness (QED) is 0.219. The lowest BCUT2D eigenvalue weighted by Crippen LogP contribution is -2.32. The number of carbonyl (C=O) groups is 3. The average Bonchev–Trinajstić information content (AvgIpc) is 2.76. The largest absolute Gasteiger partial charge is 0.423 e. The van der Waals surface area contributed by atoms with Crippen LogP contribution in [0, 0.1) is 13.8 Å². The van der Waals surface area contributed by atoms with Gasteiger partial charge in [0.1, 0.15) is 5.75 Å². The molecule has 3 aromatic carbocycles. The highest BCUT2D eigenvalue weighted by molar-refractivity contribution is 6.39. The predicted octanol–water partition coefficient (Wildman–Crippen LogP) is 3.61. The number of anilines is 1. The van der Waals surface area contributed by atoms with Crippen molar-refractivity contribution in [1.82, 2.24) is 5.43 Å². The van der Waals surface area contributed by atoms with Crippen LogP contribution in [-0.4, -0.2) is 24.0 Å². The van der Waals surface area contributed by atoms with Gasteiger partial charge in [0.2, 0.25) is 0 Å². The SMILES string of the molecule is Cc1ccc(NC(=O)C(=O)N/N=C/c2cccc(OC(=O)c3ccccc3)c2)c(C)c1. The summed E-state index contributed by atoms with van der Waals surface area (Å²) in [5.41, 5.74) is 5.66. The van der Waals surface area contributed by atoms with Gasteiger partial charge in [0, 0.05) is 5.69 Å². The van der Waals surface area contributed by atoms with Crippen molar-refractivity contribution in [2.24, 2.45) is 5.10 Å². The first-order valence-corrected chi connectivity index (χ1v) is 9.51. The molecular weight excluding hydrogens is 394 g/mol. The Hall–Kier alpha value is -4.26. The molecule has 0 atom stereocenters. The second-order valence-corrected chi connectivity index (χ2v) is 6.80. The van der Waals surface area contributed by atoms with Crippen LogP contribution in [0.15, 0.2) is 77.9 Å². The van der Waals surface area contributed by atoms with E-state index in [1.165, 1.54) is 6.21 Å². The molecule has 0 aliphatic carbocycles. The van der Waals surface area contributed by atoms with E-state index in [0.29, 0.717) is 22.6 Å². The molecule has 0 saturated carbocycles. The minimum atomic E-state index is -0.900. The third-order valence-electron chi connectivity index (χ3n) is 4.29. The molecule has 0 saturated heterocycles. The van der Waals surface area contributed by atoms with Gasteiger partial charge in [0.15, 0.2) is 0 Å². The van der Waals surface area contributed by atoms with Gasteiger partial charge >= 0.3 is 17.8 Å². The molecule has 7 nitrogen and oxygen atoms in total. The Labute approximate surface area is 179 Å². The van der Waals surface area contributed by atoms with Crippen LogP contribution in [0.2, 0.25) is 0 Å². The topological polar surface area (TPSA) is 96.9 Å². The zero-order valence-electron chi connectivity index (χ0n) is 17.1. The maximum Gasteiger partial charge on any atom is 0.343 e. The van der Waals surface area contributed by atoms with E-state index in [-0.39, 0.29) is 0 Å². The number of aryl methyl sites for hydroxylation is 2. The van der Waals surface area contributed by atoms with E-state index in [9.17, 15) is 14.4 Å². The summed E-state index contributed by atoms with van der Waals surface area (Å²) in [4.78, 5) is 36.2. The molecule has 156 valence electrons. The van der Waals surface area contributed by atoms with Crippen LogP contribution in [0.25, 0.3) is 0 Å². The van der Waals surface area contributed by atoms with E-state index in [1.54, 1.807) is 54.6 Å². The van der Waals surface area contributed by atoms with Crippen LogP contribution in [0.4, 0.5) is 5.69 Å². The zero-order chi connectivity index (χ0) is 22.2. The van der Waals surface area contributed by atoms with E-state index in [4.69, 9.17) is 4.74 Å². The first kappa shape index (κ1) is 21.4. The molecule has 2 N–H and O–H groups in total. The molecule has 7 heteroatoms. The van der Waals surface area contributed by atoms with Crippen LogP contribution in [0.1, 0.15) is 27.0 Å².